The molecule has 1 aliphatic heterocycles. The third-order valence-corrected chi connectivity index (χ3v) is 6.39. The van der Waals surface area contributed by atoms with Crippen LogP contribution in [-0.4, -0.2) is 36.6 Å². The Morgan fingerprint density at radius 3 is 2.71 bits per heavy atom. The van der Waals surface area contributed by atoms with Crippen molar-refractivity contribution in [2.45, 2.75) is 12.5 Å². The summed E-state index contributed by atoms with van der Waals surface area (Å²) in [5.41, 5.74) is 2.30. The van der Waals surface area contributed by atoms with E-state index in [0.29, 0.717) is 23.5 Å². The van der Waals surface area contributed by atoms with E-state index in [1.165, 1.54) is 12.1 Å². The third kappa shape index (κ3) is 4.70. The van der Waals surface area contributed by atoms with Crippen molar-refractivity contribution in [3.63, 3.8) is 0 Å². The fourth-order valence-corrected chi connectivity index (χ4v) is 4.42. The van der Waals surface area contributed by atoms with Crippen molar-refractivity contribution >= 4 is 45.2 Å². The molecule has 1 aromatic heterocycles. The Labute approximate surface area is 192 Å². The van der Waals surface area contributed by atoms with Crippen LogP contribution in [0.5, 0.6) is 11.5 Å². The summed E-state index contributed by atoms with van der Waals surface area (Å²) < 4.78 is 12.0. The lowest BCUT2D eigenvalue weighted by atomic mass is 10.0. The number of carbonyl (C=O) groups is 2. The summed E-state index contributed by atoms with van der Waals surface area (Å²) in [4.78, 5) is 25.1. The highest BCUT2D eigenvalue weighted by Gasteiger charge is 2.34. The lowest BCUT2D eigenvalue weighted by Gasteiger charge is -2.21. The molecule has 1 atom stereocenters. The molecule has 0 radical (unpaired) electrons. The number of benzene rings is 2. The van der Waals surface area contributed by atoms with Gasteiger partial charge in [0.1, 0.15) is 6.29 Å². The predicted octanol–water partition coefficient (Wildman–Crippen LogP) is 5.09. The van der Waals surface area contributed by atoms with Gasteiger partial charge in [-0.05, 0) is 47.3 Å². The second kappa shape index (κ2) is 9.45. The van der Waals surface area contributed by atoms with Crippen LogP contribution in [0.4, 0.5) is 0 Å². The zero-order valence-electron chi connectivity index (χ0n) is 16.7. The number of halogens is 1. The minimum Gasteiger partial charge on any atom is -0.493 e. The van der Waals surface area contributed by atoms with Crippen molar-refractivity contribution in [2.75, 3.05) is 13.7 Å². The largest absolute Gasteiger partial charge is 0.493 e. The van der Waals surface area contributed by atoms with Gasteiger partial charge in [0.05, 0.1) is 18.9 Å². The molecule has 4 rings (SSSR count). The first-order valence-electron chi connectivity index (χ1n) is 9.54. The molecule has 1 aliphatic rings. The van der Waals surface area contributed by atoms with E-state index < -0.39 is 0 Å². The molecule has 2 aromatic carbocycles. The van der Waals surface area contributed by atoms with Gasteiger partial charge in [-0.1, -0.05) is 34.1 Å². The zero-order chi connectivity index (χ0) is 21.8. The van der Waals surface area contributed by atoms with E-state index in [-0.39, 0.29) is 18.6 Å². The van der Waals surface area contributed by atoms with Gasteiger partial charge < -0.3 is 9.47 Å². The first-order valence-corrected chi connectivity index (χ1v) is 11.2. The van der Waals surface area contributed by atoms with Gasteiger partial charge >= 0.3 is 0 Å². The lowest BCUT2D eigenvalue weighted by Crippen LogP contribution is -2.31. The van der Waals surface area contributed by atoms with Crippen molar-refractivity contribution < 1.29 is 19.1 Å². The Bertz CT molecular complexity index is 1110. The lowest BCUT2D eigenvalue weighted by molar-refractivity contribution is -0.135. The first-order chi connectivity index (χ1) is 15.1. The van der Waals surface area contributed by atoms with E-state index >= 15 is 0 Å². The SMILES string of the molecule is COc1cc(C=O)ccc1OCC(=O)N1N=C(c2ccc(Br)cc2)CC1c1cccs1. The van der Waals surface area contributed by atoms with Crippen molar-refractivity contribution in [3.8, 4) is 11.5 Å². The van der Waals surface area contributed by atoms with Gasteiger partial charge in [-0.25, -0.2) is 5.01 Å². The molecule has 31 heavy (non-hydrogen) atoms. The topological polar surface area (TPSA) is 68.2 Å². The molecular weight excluding hydrogens is 480 g/mol. The first kappa shape index (κ1) is 21.3. The Hall–Kier alpha value is -2.97. The number of thiophene rings is 1. The van der Waals surface area contributed by atoms with Crippen LogP contribution in [0.1, 0.15) is 33.3 Å². The molecule has 0 aliphatic carbocycles. The van der Waals surface area contributed by atoms with E-state index in [0.717, 1.165) is 26.9 Å². The number of amides is 1. The molecule has 0 bridgehead atoms. The number of ether oxygens (including phenoxy) is 2. The van der Waals surface area contributed by atoms with E-state index in [1.54, 1.807) is 29.5 Å². The summed E-state index contributed by atoms with van der Waals surface area (Å²) in [6.45, 7) is -0.199. The fourth-order valence-electron chi connectivity index (χ4n) is 3.34. The second-order valence-electron chi connectivity index (χ2n) is 6.84. The van der Waals surface area contributed by atoms with Crippen LogP contribution >= 0.6 is 27.3 Å². The Morgan fingerprint density at radius 1 is 1.23 bits per heavy atom. The van der Waals surface area contributed by atoms with Crippen LogP contribution in [-0.2, 0) is 4.79 Å². The third-order valence-electron chi connectivity index (χ3n) is 4.89. The highest BCUT2D eigenvalue weighted by atomic mass is 79.9. The standard InChI is InChI=1S/C23H19BrN2O4S/c1-29-21-11-15(13-27)4-9-20(21)30-14-23(28)26-19(22-3-2-10-31-22)12-18(25-26)16-5-7-17(24)8-6-16/h2-11,13,19H,12,14H2,1H3. The summed E-state index contributed by atoms with van der Waals surface area (Å²) in [6.07, 6.45) is 1.36. The van der Waals surface area contributed by atoms with Gasteiger partial charge in [0.25, 0.3) is 5.91 Å². The average Bonchev–Trinajstić information content (AvgIpc) is 3.48. The molecular formula is C23H19BrN2O4S. The fraction of sp³-hybridized carbons (Fsp3) is 0.174. The Balaban J connectivity index is 1.55. The maximum Gasteiger partial charge on any atom is 0.281 e. The molecule has 1 unspecified atom stereocenters. The molecule has 1 amide bonds. The van der Waals surface area contributed by atoms with E-state index in [1.807, 2.05) is 41.8 Å². The van der Waals surface area contributed by atoms with Crippen LogP contribution in [0.3, 0.4) is 0 Å². The summed E-state index contributed by atoms with van der Waals surface area (Å²) in [6, 6.07) is 16.5. The van der Waals surface area contributed by atoms with Crippen LogP contribution in [0, 0.1) is 0 Å². The number of methoxy groups -OCH3 is 1. The van der Waals surface area contributed by atoms with Gasteiger partial charge in [-0.15, -0.1) is 11.3 Å². The smallest absolute Gasteiger partial charge is 0.281 e. The quantitative estimate of drug-likeness (QED) is 0.425. The number of hydrazone groups is 1. The minimum atomic E-state index is -0.257. The van der Waals surface area contributed by atoms with Crippen molar-refractivity contribution in [2.24, 2.45) is 5.10 Å². The van der Waals surface area contributed by atoms with Gasteiger partial charge in [-0.3, -0.25) is 9.59 Å². The summed E-state index contributed by atoms with van der Waals surface area (Å²) in [5.74, 6) is 0.533. The minimum absolute atomic E-state index is 0.172. The summed E-state index contributed by atoms with van der Waals surface area (Å²) >= 11 is 5.04. The number of rotatable bonds is 7. The predicted molar refractivity (Wildman–Crippen MR) is 123 cm³/mol. The van der Waals surface area contributed by atoms with E-state index in [4.69, 9.17) is 9.47 Å². The molecule has 8 heteroatoms. The second-order valence-corrected chi connectivity index (χ2v) is 8.74. The average molecular weight is 499 g/mol. The van der Waals surface area contributed by atoms with E-state index in [2.05, 4.69) is 21.0 Å². The summed E-state index contributed by atoms with van der Waals surface area (Å²) in [7, 11) is 1.49. The van der Waals surface area contributed by atoms with Crippen molar-refractivity contribution in [1.29, 1.82) is 0 Å². The maximum atomic E-state index is 13.1. The van der Waals surface area contributed by atoms with Crippen LogP contribution < -0.4 is 9.47 Å². The van der Waals surface area contributed by atoms with Crippen LogP contribution in [0.25, 0.3) is 0 Å². The number of hydrogen-bond acceptors (Lipinski definition) is 6. The number of hydrogen-bond donors (Lipinski definition) is 0. The zero-order valence-corrected chi connectivity index (χ0v) is 19.1. The van der Waals surface area contributed by atoms with Gasteiger partial charge in [0.2, 0.25) is 0 Å². The van der Waals surface area contributed by atoms with Gasteiger partial charge in [-0.2, -0.15) is 5.10 Å². The molecule has 3 aromatic rings. The molecule has 6 nitrogen and oxygen atoms in total. The monoisotopic (exact) mass is 498 g/mol. The summed E-state index contributed by atoms with van der Waals surface area (Å²) in [5, 5.41) is 8.14. The number of carbonyl (C=O) groups excluding carboxylic acids is 2. The van der Waals surface area contributed by atoms with Gasteiger partial charge in [0, 0.05) is 21.3 Å². The highest BCUT2D eigenvalue weighted by molar-refractivity contribution is 9.10. The van der Waals surface area contributed by atoms with Crippen LogP contribution in [0.2, 0.25) is 0 Å². The number of nitrogens with zero attached hydrogens (tertiary/aromatic N) is 2. The maximum absolute atomic E-state index is 13.1. The molecule has 0 saturated carbocycles. The normalized spacial score (nSPS) is 15.5. The van der Waals surface area contributed by atoms with Crippen molar-refractivity contribution in [1.82, 2.24) is 5.01 Å². The molecule has 0 fully saturated rings. The highest BCUT2D eigenvalue weighted by Crippen LogP contribution is 2.35. The van der Waals surface area contributed by atoms with Gasteiger partial charge in [0.15, 0.2) is 18.1 Å². The molecule has 0 N–H and O–H groups in total. The Kier molecular flexibility index (Phi) is 6.48. The Morgan fingerprint density at radius 2 is 2.03 bits per heavy atom. The number of aldehydes is 1. The van der Waals surface area contributed by atoms with E-state index in [9.17, 15) is 9.59 Å². The van der Waals surface area contributed by atoms with Crippen molar-refractivity contribution in [3.05, 3.63) is 80.5 Å². The molecule has 0 saturated heterocycles. The molecule has 0 spiro atoms. The molecule has 2 heterocycles. The molecule has 158 valence electrons. The van der Waals surface area contributed by atoms with Crippen LogP contribution in [0.15, 0.2) is 69.6 Å².